The third-order valence-electron chi connectivity index (χ3n) is 4.72. The van der Waals surface area contributed by atoms with Crippen molar-refractivity contribution in [2.75, 3.05) is 13.1 Å². The van der Waals surface area contributed by atoms with Gasteiger partial charge in [-0.2, -0.15) is 0 Å². The number of carbonyl (C=O) groups is 2. The smallest absolute Gasteiger partial charge is 0.303 e. The van der Waals surface area contributed by atoms with Crippen molar-refractivity contribution in [2.45, 2.75) is 26.2 Å². The molecule has 1 fully saturated rings. The van der Waals surface area contributed by atoms with Crippen molar-refractivity contribution in [3.8, 4) is 0 Å². The summed E-state index contributed by atoms with van der Waals surface area (Å²) >= 11 is 0. The van der Waals surface area contributed by atoms with Gasteiger partial charge in [0.05, 0.1) is 11.0 Å². The minimum absolute atomic E-state index is 0.000419. The number of carboxylic acid groups (broad SMARTS) is 1. The van der Waals surface area contributed by atoms with Crippen molar-refractivity contribution in [1.29, 1.82) is 0 Å². The van der Waals surface area contributed by atoms with Crippen LogP contribution in [0.2, 0.25) is 0 Å². The maximum absolute atomic E-state index is 13.3. The van der Waals surface area contributed by atoms with E-state index in [-0.39, 0.29) is 30.0 Å². The number of likely N-dealkylation sites (tertiary alicyclic amines) is 1. The van der Waals surface area contributed by atoms with Crippen LogP contribution < -0.4 is 0 Å². The summed E-state index contributed by atoms with van der Waals surface area (Å²) in [6, 6.07) is 4.36. The van der Waals surface area contributed by atoms with Crippen molar-refractivity contribution in [1.82, 2.24) is 14.9 Å². The Morgan fingerprint density at radius 3 is 2.92 bits per heavy atom. The molecule has 1 amide bonds. The molecule has 2 heterocycles. The van der Waals surface area contributed by atoms with Gasteiger partial charge in [0.25, 0.3) is 0 Å². The van der Waals surface area contributed by atoms with Crippen molar-refractivity contribution >= 4 is 22.9 Å². The number of carboxylic acids is 1. The number of aliphatic carboxylic acids is 1. The zero-order valence-electron chi connectivity index (χ0n) is 13.5. The zero-order chi connectivity index (χ0) is 17.3. The van der Waals surface area contributed by atoms with Crippen LogP contribution in [0.1, 0.15) is 25.6 Å². The number of hydrogen-bond donors (Lipinski definition) is 2. The molecule has 6 nitrogen and oxygen atoms in total. The van der Waals surface area contributed by atoms with Crippen molar-refractivity contribution in [2.24, 2.45) is 11.8 Å². The molecule has 1 aliphatic heterocycles. The van der Waals surface area contributed by atoms with Gasteiger partial charge in [-0.15, -0.1) is 0 Å². The molecule has 0 radical (unpaired) electrons. The van der Waals surface area contributed by atoms with Gasteiger partial charge < -0.3 is 15.0 Å². The predicted molar refractivity (Wildman–Crippen MR) is 85.9 cm³/mol. The Morgan fingerprint density at radius 1 is 1.42 bits per heavy atom. The maximum atomic E-state index is 13.3. The highest BCUT2D eigenvalue weighted by Crippen LogP contribution is 2.29. The molecule has 0 bridgehead atoms. The Labute approximate surface area is 138 Å². The number of carbonyl (C=O) groups excluding carboxylic acids is 1. The molecule has 2 atom stereocenters. The molecule has 1 aromatic carbocycles. The SMILES string of the molecule is CC(=O)N1CC[C@@H](CC(=O)O)[C@@H](Cc2nc3ccc(F)cc3[nH]2)C1. The van der Waals surface area contributed by atoms with Crippen LogP contribution in [0.25, 0.3) is 11.0 Å². The van der Waals surface area contributed by atoms with Crippen molar-refractivity contribution < 1.29 is 19.1 Å². The van der Waals surface area contributed by atoms with E-state index in [1.807, 2.05) is 0 Å². The van der Waals surface area contributed by atoms with E-state index in [2.05, 4.69) is 9.97 Å². The van der Waals surface area contributed by atoms with Crippen LogP contribution in [0, 0.1) is 17.7 Å². The largest absolute Gasteiger partial charge is 0.481 e. The number of nitrogens with zero attached hydrogens (tertiary/aromatic N) is 2. The number of hydrogen-bond acceptors (Lipinski definition) is 3. The number of piperidine rings is 1. The monoisotopic (exact) mass is 333 g/mol. The Morgan fingerprint density at radius 2 is 2.21 bits per heavy atom. The predicted octanol–water partition coefficient (Wildman–Crippen LogP) is 2.20. The summed E-state index contributed by atoms with van der Waals surface area (Å²) in [5, 5.41) is 9.12. The van der Waals surface area contributed by atoms with Crippen LogP contribution in [0.3, 0.4) is 0 Å². The Kier molecular flexibility index (Phi) is 4.51. The number of H-pyrrole nitrogens is 1. The molecule has 7 heteroatoms. The second kappa shape index (κ2) is 6.59. The molecule has 2 aromatic rings. The number of imidazole rings is 1. The van der Waals surface area contributed by atoms with Crippen LogP contribution in [-0.2, 0) is 16.0 Å². The van der Waals surface area contributed by atoms with E-state index in [0.29, 0.717) is 42.8 Å². The van der Waals surface area contributed by atoms with Gasteiger partial charge in [0.1, 0.15) is 11.6 Å². The van der Waals surface area contributed by atoms with Crippen LogP contribution in [0.15, 0.2) is 18.2 Å². The first-order valence-electron chi connectivity index (χ1n) is 8.04. The molecule has 1 aromatic heterocycles. The number of benzene rings is 1. The molecule has 128 valence electrons. The van der Waals surface area contributed by atoms with E-state index in [1.165, 1.54) is 19.1 Å². The molecule has 24 heavy (non-hydrogen) atoms. The number of fused-ring (bicyclic) bond motifs is 1. The normalized spacial score (nSPS) is 21.2. The molecule has 0 aliphatic carbocycles. The topological polar surface area (TPSA) is 86.3 Å². The second-order valence-electron chi connectivity index (χ2n) is 6.42. The fraction of sp³-hybridized carbons (Fsp3) is 0.471. The minimum Gasteiger partial charge on any atom is -0.481 e. The van der Waals surface area contributed by atoms with E-state index in [0.717, 1.165) is 0 Å². The lowest BCUT2D eigenvalue weighted by atomic mass is 9.81. The summed E-state index contributed by atoms with van der Waals surface area (Å²) in [5.41, 5.74) is 1.31. The lowest BCUT2D eigenvalue weighted by molar-refractivity contribution is -0.139. The minimum atomic E-state index is -0.826. The number of aromatic nitrogens is 2. The number of aromatic amines is 1. The summed E-state index contributed by atoms with van der Waals surface area (Å²) in [4.78, 5) is 32.1. The fourth-order valence-electron chi connectivity index (χ4n) is 3.47. The van der Waals surface area contributed by atoms with E-state index < -0.39 is 5.97 Å². The highest BCUT2D eigenvalue weighted by atomic mass is 19.1. The van der Waals surface area contributed by atoms with E-state index in [1.54, 1.807) is 11.0 Å². The van der Waals surface area contributed by atoms with Crippen LogP contribution in [0.4, 0.5) is 4.39 Å². The second-order valence-corrected chi connectivity index (χ2v) is 6.42. The van der Waals surface area contributed by atoms with Gasteiger partial charge in [-0.25, -0.2) is 9.37 Å². The molecule has 3 rings (SSSR count). The third-order valence-corrected chi connectivity index (χ3v) is 4.72. The molecular weight excluding hydrogens is 313 g/mol. The number of rotatable bonds is 4. The number of nitrogens with one attached hydrogen (secondary N) is 1. The molecule has 2 N–H and O–H groups in total. The van der Waals surface area contributed by atoms with Crippen molar-refractivity contribution in [3.63, 3.8) is 0 Å². The lowest BCUT2D eigenvalue weighted by Gasteiger charge is -2.37. The molecular formula is C17H20FN3O3. The maximum Gasteiger partial charge on any atom is 0.303 e. The van der Waals surface area contributed by atoms with Crippen LogP contribution in [-0.4, -0.2) is 44.9 Å². The van der Waals surface area contributed by atoms with Gasteiger partial charge in [0.2, 0.25) is 5.91 Å². The van der Waals surface area contributed by atoms with Gasteiger partial charge in [-0.05, 0) is 36.5 Å². The summed E-state index contributed by atoms with van der Waals surface area (Å²) in [5.74, 6) is -0.441. The third kappa shape index (κ3) is 3.55. The highest BCUT2D eigenvalue weighted by Gasteiger charge is 2.32. The van der Waals surface area contributed by atoms with Crippen molar-refractivity contribution in [3.05, 3.63) is 29.8 Å². The van der Waals surface area contributed by atoms with Gasteiger partial charge in [-0.3, -0.25) is 9.59 Å². The Bertz CT molecular complexity index is 774. The molecule has 1 saturated heterocycles. The summed E-state index contributed by atoms with van der Waals surface area (Å²) in [7, 11) is 0. The molecule has 0 unspecified atom stereocenters. The molecule has 0 saturated carbocycles. The zero-order valence-corrected chi connectivity index (χ0v) is 13.5. The quantitative estimate of drug-likeness (QED) is 0.898. The molecule has 0 spiro atoms. The fourth-order valence-corrected chi connectivity index (χ4v) is 3.47. The van der Waals surface area contributed by atoms with Gasteiger partial charge in [-0.1, -0.05) is 0 Å². The first-order chi connectivity index (χ1) is 11.4. The first kappa shape index (κ1) is 16.4. The highest BCUT2D eigenvalue weighted by molar-refractivity contribution is 5.75. The number of halogens is 1. The van der Waals surface area contributed by atoms with Crippen LogP contribution >= 0.6 is 0 Å². The summed E-state index contributed by atoms with van der Waals surface area (Å²) < 4.78 is 13.3. The molecule has 1 aliphatic rings. The average molecular weight is 333 g/mol. The standard InChI is InChI=1S/C17H20FN3O3/c1-10(22)21-5-4-11(7-17(23)24)12(9-21)6-16-19-14-3-2-13(18)8-15(14)20-16/h2-3,8,11-12H,4-7,9H2,1H3,(H,19,20)(H,23,24)/t11-,12-/m0/s1. The Balaban J connectivity index is 1.81. The van der Waals surface area contributed by atoms with Gasteiger partial charge in [0, 0.05) is 32.9 Å². The number of amides is 1. The van der Waals surface area contributed by atoms with Gasteiger partial charge >= 0.3 is 5.97 Å². The van der Waals surface area contributed by atoms with Gasteiger partial charge in [0.15, 0.2) is 0 Å². The first-order valence-corrected chi connectivity index (χ1v) is 8.04. The Hall–Kier alpha value is -2.44. The average Bonchev–Trinajstić information content (AvgIpc) is 2.89. The van der Waals surface area contributed by atoms with E-state index in [4.69, 9.17) is 5.11 Å². The van der Waals surface area contributed by atoms with E-state index in [9.17, 15) is 14.0 Å². The summed E-state index contributed by atoms with van der Waals surface area (Å²) in [6.07, 6.45) is 1.30. The summed E-state index contributed by atoms with van der Waals surface area (Å²) in [6.45, 7) is 2.65. The lowest BCUT2D eigenvalue weighted by Crippen LogP contribution is -2.44. The van der Waals surface area contributed by atoms with E-state index >= 15 is 0 Å². The van der Waals surface area contributed by atoms with Crippen LogP contribution in [0.5, 0.6) is 0 Å².